The van der Waals surface area contributed by atoms with Gasteiger partial charge in [-0.1, -0.05) is 24.3 Å². The van der Waals surface area contributed by atoms with E-state index in [0.717, 1.165) is 5.56 Å². The summed E-state index contributed by atoms with van der Waals surface area (Å²) in [5.41, 5.74) is 0.955. The molecule has 0 aromatic heterocycles. The number of benzene rings is 1. The summed E-state index contributed by atoms with van der Waals surface area (Å²) in [6, 6.07) is 6.18. The summed E-state index contributed by atoms with van der Waals surface area (Å²) in [6.07, 6.45) is -2.01. The van der Waals surface area contributed by atoms with Crippen molar-refractivity contribution in [3.05, 3.63) is 35.4 Å². The third kappa shape index (κ3) is 5.23. The molecule has 0 unspecified atom stereocenters. The minimum atomic E-state index is -2.43. The molecule has 18 heavy (non-hydrogen) atoms. The molecule has 0 saturated carbocycles. The van der Waals surface area contributed by atoms with E-state index in [4.69, 9.17) is 0 Å². The van der Waals surface area contributed by atoms with Gasteiger partial charge in [0.05, 0.1) is 0 Å². The molecule has 1 rings (SSSR count). The molecular formula is C13H18F2N2O. The minimum absolute atomic E-state index is 0.0121. The zero-order valence-electron chi connectivity index (χ0n) is 10.4. The van der Waals surface area contributed by atoms with Crippen LogP contribution < -0.4 is 10.6 Å². The Hall–Kier alpha value is -1.49. The monoisotopic (exact) mass is 256 g/mol. The van der Waals surface area contributed by atoms with Gasteiger partial charge in [-0.3, -0.25) is 4.79 Å². The SMILES string of the molecule is CCNC(=O)CCNCc1ccc(C(F)F)cc1. The highest BCUT2D eigenvalue weighted by Crippen LogP contribution is 2.18. The quantitative estimate of drug-likeness (QED) is 0.735. The maximum Gasteiger partial charge on any atom is 0.263 e. The van der Waals surface area contributed by atoms with Crippen molar-refractivity contribution in [2.45, 2.75) is 26.3 Å². The van der Waals surface area contributed by atoms with Gasteiger partial charge in [0.2, 0.25) is 5.91 Å². The summed E-state index contributed by atoms with van der Waals surface area (Å²) in [6.45, 7) is 3.65. The van der Waals surface area contributed by atoms with Crippen LogP contribution in [0, 0.1) is 0 Å². The summed E-state index contributed by atoms with van der Waals surface area (Å²) >= 11 is 0. The van der Waals surface area contributed by atoms with Gasteiger partial charge in [0.1, 0.15) is 0 Å². The van der Waals surface area contributed by atoms with Gasteiger partial charge in [0.15, 0.2) is 0 Å². The predicted octanol–water partition coefficient (Wildman–Crippen LogP) is 2.24. The Morgan fingerprint density at radius 2 is 1.94 bits per heavy atom. The van der Waals surface area contributed by atoms with Crippen LogP contribution >= 0.6 is 0 Å². The number of nitrogens with one attached hydrogen (secondary N) is 2. The molecule has 1 aromatic rings. The van der Waals surface area contributed by atoms with Crippen LogP contribution in [-0.2, 0) is 11.3 Å². The highest BCUT2D eigenvalue weighted by molar-refractivity contribution is 5.75. The molecular weight excluding hydrogens is 238 g/mol. The van der Waals surface area contributed by atoms with Crippen LogP contribution in [0.2, 0.25) is 0 Å². The normalized spacial score (nSPS) is 10.7. The van der Waals surface area contributed by atoms with E-state index < -0.39 is 6.43 Å². The minimum Gasteiger partial charge on any atom is -0.356 e. The van der Waals surface area contributed by atoms with Gasteiger partial charge in [-0.25, -0.2) is 8.78 Å². The lowest BCUT2D eigenvalue weighted by atomic mass is 10.1. The van der Waals surface area contributed by atoms with Crippen molar-refractivity contribution < 1.29 is 13.6 Å². The number of hydrogen-bond acceptors (Lipinski definition) is 2. The van der Waals surface area contributed by atoms with Crippen molar-refractivity contribution in [3.63, 3.8) is 0 Å². The Labute approximate surface area is 106 Å². The first-order chi connectivity index (χ1) is 8.63. The van der Waals surface area contributed by atoms with Gasteiger partial charge in [0.25, 0.3) is 6.43 Å². The van der Waals surface area contributed by atoms with Crippen molar-refractivity contribution in [3.8, 4) is 0 Å². The second-order valence-corrected chi connectivity index (χ2v) is 3.92. The lowest BCUT2D eigenvalue weighted by Gasteiger charge is -2.06. The zero-order chi connectivity index (χ0) is 13.4. The topological polar surface area (TPSA) is 41.1 Å². The van der Waals surface area contributed by atoms with Crippen molar-refractivity contribution in [1.29, 1.82) is 0 Å². The van der Waals surface area contributed by atoms with E-state index in [1.807, 2.05) is 6.92 Å². The van der Waals surface area contributed by atoms with Gasteiger partial charge in [-0.05, 0) is 12.5 Å². The first-order valence-corrected chi connectivity index (χ1v) is 5.98. The molecule has 1 aromatic carbocycles. The third-order valence-electron chi connectivity index (χ3n) is 2.46. The van der Waals surface area contributed by atoms with Gasteiger partial charge in [-0.15, -0.1) is 0 Å². The van der Waals surface area contributed by atoms with E-state index in [1.54, 1.807) is 12.1 Å². The zero-order valence-corrected chi connectivity index (χ0v) is 10.4. The van der Waals surface area contributed by atoms with E-state index in [-0.39, 0.29) is 11.5 Å². The Morgan fingerprint density at radius 1 is 1.28 bits per heavy atom. The fraction of sp³-hybridized carbons (Fsp3) is 0.462. The fourth-order valence-electron chi connectivity index (χ4n) is 1.50. The van der Waals surface area contributed by atoms with Crippen molar-refractivity contribution in [1.82, 2.24) is 10.6 Å². The van der Waals surface area contributed by atoms with Crippen LogP contribution in [0.25, 0.3) is 0 Å². The van der Waals surface area contributed by atoms with Gasteiger partial charge >= 0.3 is 0 Å². The molecule has 0 saturated heterocycles. The molecule has 0 aliphatic carbocycles. The number of alkyl halides is 2. The lowest BCUT2D eigenvalue weighted by Crippen LogP contribution is -2.27. The van der Waals surface area contributed by atoms with E-state index in [1.165, 1.54) is 12.1 Å². The molecule has 0 radical (unpaired) electrons. The van der Waals surface area contributed by atoms with Crippen LogP contribution in [0.15, 0.2) is 24.3 Å². The fourth-order valence-corrected chi connectivity index (χ4v) is 1.50. The average molecular weight is 256 g/mol. The summed E-state index contributed by atoms with van der Waals surface area (Å²) in [7, 11) is 0. The Balaban J connectivity index is 2.25. The van der Waals surface area contributed by atoms with Gasteiger partial charge in [-0.2, -0.15) is 0 Å². The second kappa shape index (κ2) is 7.76. The highest BCUT2D eigenvalue weighted by Gasteiger charge is 2.05. The van der Waals surface area contributed by atoms with E-state index >= 15 is 0 Å². The first-order valence-electron chi connectivity index (χ1n) is 5.98. The maximum atomic E-state index is 12.3. The molecule has 0 bridgehead atoms. The highest BCUT2D eigenvalue weighted by atomic mass is 19.3. The van der Waals surface area contributed by atoms with Crippen molar-refractivity contribution in [2.24, 2.45) is 0 Å². The van der Waals surface area contributed by atoms with Crippen LogP contribution in [0.1, 0.15) is 30.9 Å². The smallest absolute Gasteiger partial charge is 0.263 e. The summed E-state index contributed by atoms with van der Waals surface area (Å²) in [5, 5.41) is 5.79. The first kappa shape index (κ1) is 14.6. The molecule has 1 amide bonds. The van der Waals surface area contributed by atoms with E-state index in [0.29, 0.717) is 26.1 Å². The number of hydrogen-bond donors (Lipinski definition) is 2. The van der Waals surface area contributed by atoms with Crippen molar-refractivity contribution >= 4 is 5.91 Å². The molecule has 100 valence electrons. The average Bonchev–Trinajstić information content (AvgIpc) is 2.35. The standard InChI is InChI=1S/C13H18F2N2O/c1-2-17-12(18)7-8-16-9-10-3-5-11(6-4-10)13(14)15/h3-6,13,16H,2,7-9H2,1H3,(H,17,18). The maximum absolute atomic E-state index is 12.3. The van der Waals surface area contributed by atoms with Crippen LogP contribution in [0.3, 0.4) is 0 Å². The molecule has 0 spiro atoms. The number of carbonyl (C=O) groups is 1. The molecule has 3 nitrogen and oxygen atoms in total. The largest absolute Gasteiger partial charge is 0.356 e. The summed E-state index contributed by atoms with van der Waals surface area (Å²) in [5.74, 6) is 0.0121. The van der Waals surface area contributed by atoms with Crippen LogP contribution in [-0.4, -0.2) is 19.0 Å². The summed E-state index contributed by atoms with van der Waals surface area (Å²) < 4.78 is 24.6. The van der Waals surface area contributed by atoms with Crippen LogP contribution in [0.5, 0.6) is 0 Å². The predicted molar refractivity (Wildman–Crippen MR) is 66.4 cm³/mol. The molecule has 2 N–H and O–H groups in total. The van der Waals surface area contributed by atoms with Crippen molar-refractivity contribution in [2.75, 3.05) is 13.1 Å². The van der Waals surface area contributed by atoms with E-state index in [2.05, 4.69) is 10.6 Å². The third-order valence-corrected chi connectivity index (χ3v) is 2.46. The number of amides is 1. The molecule has 0 heterocycles. The number of rotatable bonds is 7. The number of halogens is 2. The second-order valence-electron chi connectivity index (χ2n) is 3.92. The Morgan fingerprint density at radius 3 is 2.50 bits per heavy atom. The molecule has 0 atom stereocenters. The number of carbonyl (C=O) groups excluding carboxylic acids is 1. The summed E-state index contributed by atoms with van der Waals surface area (Å²) in [4.78, 5) is 11.1. The van der Waals surface area contributed by atoms with E-state index in [9.17, 15) is 13.6 Å². The van der Waals surface area contributed by atoms with Crippen LogP contribution in [0.4, 0.5) is 8.78 Å². The Bertz CT molecular complexity index is 366. The Kier molecular flexibility index (Phi) is 6.28. The molecule has 5 heteroatoms. The molecule has 0 aliphatic rings. The molecule has 0 fully saturated rings. The van der Waals surface area contributed by atoms with Gasteiger partial charge in [0, 0.05) is 31.6 Å². The lowest BCUT2D eigenvalue weighted by molar-refractivity contribution is -0.120. The molecule has 0 aliphatic heterocycles. The van der Waals surface area contributed by atoms with Gasteiger partial charge < -0.3 is 10.6 Å².